The molecule has 9 nitrogen and oxygen atoms in total. The van der Waals surface area contributed by atoms with Crippen LogP contribution in [0.5, 0.6) is 17.2 Å². The van der Waals surface area contributed by atoms with Crippen LogP contribution in [0.3, 0.4) is 0 Å². The van der Waals surface area contributed by atoms with E-state index in [-0.39, 0.29) is 10.6 Å². The number of ether oxygens (including phenoxy) is 3. The van der Waals surface area contributed by atoms with E-state index in [4.69, 9.17) is 14.2 Å². The average molecular weight is 498 g/mol. The van der Waals surface area contributed by atoms with Crippen molar-refractivity contribution in [1.82, 2.24) is 5.43 Å². The number of hydrogen-bond acceptors (Lipinski definition) is 7. The molecule has 0 aliphatic carbocycles. The fourth-order valence-corrected chi connectivity index (χ4v) is 4.61. The molecule has 1 amide bonds. The Hall–Kier alpha value is -4.05. The van der Waals surface area contributed by atoms with Crippen molar-refractivity contribution in [2.75, 3.05) is 31.7 Å². The molecule has 10 heteroatoms. The summed E-state index contributed by atoms with van der Waals surface area (Å²) in [7, 11) is -1.25. The maximum absolute atomic E-state index is 13.5. The molecule has 0 aliphatic heterocycles. The second kappa shape index (κ2) is 11.9. The van der Waals surface area contributed by atoms with Gasteiger partial charge in [-0.25, -0.2) is 13.8 Å². The van der Waals surface area contributed by atoms with Gasteiger partial charge >= 0.3 is 0 Å². The number of carbonyl (C=O) groups is 1. The van der Waals surface area contributed by atoms with Gasteiger partial charge in [0.25, 0.3) is 15.9 Å². The van der Waals surface area contributed by atoms with Crippen molar-refractivity contribution in [2.45, 2.75) is 11.8 Å². The molecule has 3 aromatic rings. The van der Waals surface area contributed by atoms with Crippen LogP contribution in [-0.4, -0.2) is 47.9 Å². The third-order valence-electron chi connectivity index (χ3n) is 4.87. The average Bonchev–Trinajstić information content (AvgIpc) is 2.88. The normalized spacial score (nSPS) is 11.2. The number of sulfonamides is 1. The molecule has 184 valence electrons. The Bertz CT molecular complexity index is 1260. The summed E-state index contributed by atoms with van der Waals surface area (Å²) < 4.78 is 43.9. The van der Waals surface area contributed by atoms with Gasteiger partial charge in [-0.1, -0.05) is 18.2 Å². The highest BCUT2D eigenvalue weighted by Gasteiger charge is 2.28. The number of nitrogens with one attached hydrogen (secondary N) is 1. The Morgan fingerprint density at radius 2 is 1.66 bits per heavy atom. The number of carbonyl (C=O) groups excluding carboxylic acids is 1. The van der Waals surface area contributed by atoms with Crippen molar-refractivity contribution in [3.63, 3.8) is 0 Å². The van der Waals surface area contributed by atoms with Crippen molar-refractivity contribution < 1.29 is 27.4 Å². The minimum atomic E-state index is -4.12. The molecule has 3 rings (SSSR count). The molecular formula is C25H27N3O6S. The monoisotopic (exact) mass is 497 g/mol. The van der Waals surface area contributed by atoms with Crippen molar-refractivity contribution in [3.05, 3.63) is 78.4 Å². The molecule has 0 aliphatic rings. The Morgan fingerprint density at radius 3 is 2.29 bits per heavy atom. The van der Waals surface area contributed by atoms with Crippen LogP contribution < -0.4 is 23.9 Å². The van der Waals surface area contributed by atoms with Crippen LogP contribution in [0.1, 0.15) is 12.5 Å². The Morgan fingerprint density at radius 1 is 0.971 bits per heavy atom. The maximum atomic E-state index is 13.5. The first-order chi connectivity index (χ1) is 16.9. The highest BCUT2D eigenvalue weighted by molar-refractivity contribution is 7.92. The second-order valence-corrected chi connectivity index (χ2v) is 9.02. The van der Waals surface area contributed by atoms with Gasteiger partial charge in [0.15, 0.2) is 11.5 Å². The third kappa shape index (κ3) is 6.51. The lowest BCUT2D eigenvalue weighted by atomic mass is 10.2. The van der Waals surface area contributed by atoms with Gasteiger partial charge in [0.2, 0.25) is 0 Å². The highest BCUT2D eigenvalue weighted by atomic mass is 32.2. The summed E-state index contributed by atoms with van der Waals surface area (Å²) in [6.07, 6.45) is 1.46. The number of nitrogens with zero attached hydrogens (tertiary/aromatic N) is 2. The Balaban J connectivity index is 1.81. The summed E-state index contributed by atoms with van der Waals surface area (Å²) in [4.78, 5) is 12.6. The van der Waals surface area contributed by atoms with Crippen LogP contribution >= 0.6 is 0 Å². The molecule has 0 atom stereocenters. The summed E-state index contributed by atoms with van der Waals surface area (Å²) >= 11 is 0. The Kier molecular flexibility index (Phi) is 8.69. The molecule has 0 spiro atoms. The minimum absolute atomic E-state index is 0.0512. The van der Waals surface area contributed by atoms with E-state index < -0.39 is 22.5 Å². The van der Waals surface area contributed by atoms with Crippen molar-refractivity contribution in [2.24, 2.45) is 5.10 Å². The number of amides is 1. The fourth-order valence-electron chi connectivity index (χ4n) is 3.17. The van der Waals surface area contributed by atoms with Gasteiger partial charge in [-0.15, -0.1) is 0 Å². The lowest BCUT2D eigenvalue weighted by Gasteiger charge is -2.24. The summed E-state index contributed by atoms with van der Waals surface area (Å²) in [5.41, 5.74) is 3.45. The zero-order valence-corrected chi connectivity index (χ0v) is 20.5. The summed E-state index contributed by atoms with van der Waals surface area (Å²) in [6.45, 7) is 1.98. The molecule has 0 unspecified atom stereocenters. The molecule has 3 aromatic carbocycles. The van der Waals surface area contributed by atoms with Crippen LogP contribution in [0.2, 0.25) is 0 Å². The standard InChI is InChI=1S/C25H27N3O6S/c1-4-34-21-12-10-19(11-13-21)17-26-27-25(29)18-28(20-8-6-5-7-9-20)35(30,31)22-14-15-23(32-2)24(16-22)33-3/h5-17H,4,18H2,1-3H3,(H,27,29)/b26-17-. The van der Waals surface area contributed by atoms with Crippen molar-refractivity contribution in [3.8, 4) is 17.2 Å². The van der Waals surface area contributed by atoms with Gasteiger partial charge < -0.3 is 14.2 Å². The predicted molar refractivity (Wildman–Crippen MR) is 134 cm³/mol. The molecule has 0 fully saturated rings. The van der Waals surface area contributed by atoms with Crippen LogP contribution in [0.4, 0.5) is 5.69 Å². The summed E-state index contributed by atoms with van der Waals surface area (Å²) in [5.74, 6) is 0.762. The first-order valence-corrected chi connectivity index (χ1v) is 12.2. The third-order valence-corrected chi connectivity index (χ3v) is 6.64. The first-order valence-electron chi connectivity index (χ1n) is 10.7. The number of benzene rings is 3. The molecule has 0 radical (unpaired) electrons. The number of rotatable bonds is 11. The van der Waals surface area contributed by atoms with E-state index in [0.717, 1.165) is 15.6 Å². The summed E-state index contributed by atoms with van der Waals surface area (Å²) in [6, 6.07) is 19.8. The second-order valence-electron chi connectivity index (χ2n) is 7.16. The van der Waals surface area contributed by atoms with Gasteiger partial charge in [0.05, 0.1) is 37.6 Å². The van der Waals surface area contributed by atoms with Crippen LogP contribution in [0.25, 0.3) is 0 Å². The molecule has 0 heterocycles. The first kappa shape index (κ1) is 25.6. The van der Waals surface area contributed by atoms with E-state index in [9.17, 15) is 13.2 Å². The molecular weight excluding hydrogens is 470 g/mol. The van der Waals surface area contributed by atoms with Crippen molar-refractivity contribution >= 4 is 27.8 Å². The van der Waals surface area contributed by atoms with E-state index in [0.29, 0.717) is 18.0 Å². The molecule has 0 bridgehead atoms. The largest absolute Gasteiger partial charge is 0.494 e. The van der Waals surface area contributed by atoms with Gasteiger partial charge in [0.1, 0.15) is 12.3 Å². The highest BCUT2D eigenvalue weighted by Crippen LogP contribution is 2.32. The van der Waals surface area contributed by atoms with Gasteiger partial charge in [-0.05, 0) is 61.0 Å². The van der Waals surface area contributed by atoms with Crippen LogP contribution in [0, 0.1) is 0 Å². The zero-order chi connectivity index (χ0) is 25.3. The number of anilines is 1. The molecule has 35 heavy (non-hydrogen) atoms. The van der Waals surface area contributed by atoms with E-state index in [1.807, 2.05) is 6.92 Å². The van der Waals surface area contributed by atoms with Gasteiger partial charge in [0, 0.05) is 6.07 Å². The molecule has 0 aromatic heterocycles. The van der Waals surface area contributed by atoms with E-state index in [1.165, 1.54) is 38.6 Å². The zero-order valence-electron chi connectivity index (χ0n) is 19.7. The summed E-state index contributed by atoms with van der Waals surface area (Å²) in [5, 5.41) is 3.95. The molecule has 0 saturated carbocycles. The number of hydrogen-bond donors (Lipinski definition) is 1. The fraction of sp³-hybridized carbons (Fsp3) is 0.200. The lowest BCUT2D eigenvalue weighted by Crippen LogP contribution is -2.39. The number of para-hydroxylation sites is 1. The molecule has 1 N–H and O–H groups in total. The number of hydrazone groups is 1. The number of methoxy groups -OCH3 is 2. The van der Waals surface area contributed by atoms with Gasteiger partial charge in [-0.3, -0.25) is 9.10 Å². The lowest BCUT2D eigenvalue weighted by molar-refractivity contribution is -0.119. The van der Waals surface area contributed by atoms with Crippen LogP contribution in [0.15, 0.2) is 82.8 Å². The van der Waals surface area contributed by atoms with Crippen LogP contribution in [-0.2, 0) is 14.8 Å². The van der Waals surface area contributed by atoms with E-state index in [2.05, 4.69) is 10.5 Å². The molecule has 0 saturated heterocycles. The predicted octanol–water partition coefficient (Wildman–Crippen LogP) is 3.45. The van der Waals surface area contributed by atoms with Crippen molar-refractivity contribution in [1.29, 1.82) is 0 Å². The smallest absolute Gasteiger partial charge is 0.264 e. The topological polar surface area (TPSA) is 107 Å². The minimum Gasteiger partial charge on any atom is -0.494 e. The maximum Gasteiger partial charge on any atom is 0.264 e. The van der Waals surface area contributed by atoms with Gasteiger partial charge in [-0.2, -0.15) is 5.10 Å². The Labute approximate surface area is 205 Å². The van der Waals surface area contributed by atoms with E-state index >= 15 is 0 Å². The SMILES string of the molecule is CCOc1ccc(/C=N\NC(=O)CN(c2ccccc2)S(=O)(=O)c2ccc(OC)c(OC)c2)cc1. The quantitative estimate of drug-likeness (QED) is 0.321. The van der Waals surface area contributed by atoms with E-state index in [1.54, 1.807) is 54.6 Å².